The van der Waals surface area contributed by atoms with E-state index in [0.29, 0.717) is 17.8 Å². The van der Waals surface area contributed by atoms with Crippen LogP contribution in [0, 0.1) is 0 Å². The van der Waals surface area contributed by atoms with Crippen LogP contribution in [0.2, 0.25) is 0 Å². The number of aliphatic hydroxyl groups is 1. The number of pyridine rings is 1. The SMILES string of the molecule is O=C(c1ccnc(CO)c1)N1CCc2ccccc2C1. The third kappa shape index (κ3) is 2.42. The third-order valence-electron chi connectivity index (χ3n) is 3.64. The average Bonchev–Trinajstić information content (AvgIpc) is 2.53. The number of hydrogen-bond donors (Lipinski definition) is 1. The first-order valence-electron chi connectivity index (χ1n) is 6.70. The summed E-state index contributed by atoms with van der Waals surface area (Å²) in [6.45, 7) is 1.22. The molecule has 1 aliphatic rings. The molecule has 0 spiro atoms. The Bertz CT molecular complexity index is 640. The van der Waals surface area contributed by atoms with Crippen LogP contribution in [-0.4, -0.2) is 27.4 Å². The Labute approximate surface area is 117 Å². The van der Waals surface area contributed by atoms with Crippen molar-refractivity contribution in [3.8, 4) is 0 Å². The zero-order valence-electron chi connectivity index (χ0n) is 11.1. The lowest BCUT2D eigenvalue weighted by molar-refractivity contribution is 0.0734. The molecule has 2 heterocycles. The second-order valence-corrected chi connectivity index (χ2v) is 4.94. The minimum atomic E-state index is -0.149. The van der Waals surface area contributed by atoms with Gasteiger partial charge in [0, 0.05) is 24.8 Å². The van der Waals surface area contributed by atoms with E-state index in [1.54, 1.807) is 18.3 Å². The van der Waals surface area contributed by atoms with Gasteiger partial charge in [0.2, 0.25) is 0 Å². The normalized spacial score (nSPS) is 13.9. The van der Waals surface area contributed by atoms with Gasteiger partial charge in [0.15, 0.2) is 0 Å². The lowest BCUT2D eigenvalue weighted by Gasteiger charge is -2.29. The number of carbonyl (C=O) groups is 1. The van der Waals surface area contributed by atoms with Gasteiger partial charge >= 0.3 is 0 Å². The molecule has 0 aliphatic carbocycles. The summed E-state index contributed by atoms with van der Waals surface area (Å²) in [6.07, 6.45) is 2.45. The zero-order valence-corrected chi connectivity index (χ0v) is 11.1. The van der Waals surface area contributed by atoms with Crippen molar-refractivity contribution in [1.82, 2.24) is 9.88 Å². The summed E-state index contributed by atoms with van der Waals surface area (Å²) in [4.78, 5) is 18.3. The zero-order chi connectivity index (χ0) is 13.9. The molecule has 0 fully saturated rings. The third-order valence-corrected chi connectivity index (χ3v) is 3.64. The molecule has 102 valence electrons. The van der Waals surface area contributed by atoms with Crippen molar-refractivity contribution in [3.05, 3.63) is 65.0 Å². The lowest BCUT2D eigenvalue weighted by Crippen LogP contribution is -2.36. The van der Waals surface area contributed by atoms with Crippen molar-refractivity contribution in [2.24, 2.45) is 0 Å². The van der Waals surface area contributed by atoms with Crippen LogP contribution in [0.3, 0.4) is 0 Å². The van der Waals surface area contributed by atoms with Gasteiger partial charge in [-0.2, -0.15) is 0 Å². The highest BCUT2D eigenvalue weighted by Crippen LogP contribution is 2.20. The van der Waals surface area contributed by atoms with Gasteiger partial charge < -0.3 is 10.0 Å². The van der Waals surface area contributed by atoms with Crippen LogP contribution in [0.25, 0.3) is 0 Å². The summed E-state index contributed by atoms with van der Waals surface area (Å²) < 4.78 is 0. The molecule has 1 aromatic carbocycles. The smallest absolute Gasteiger partial charge is 0.254 e. The Balaban J connectivity index is 1.82. The Hall–Kier alpha value is -2.20. The largest absolute Gasteiger partial charge is 0.390 e. The van der Waals surface area contributed by atoms with Crippen LogP contribution >= 0.6 is 0 Å². The molecule has 4 nitrogen and oxygen atoms in total. The van der Waals surface area contributed by atoms with E-state index in [9.17, 15) is 4.79 Å². The summed E-state index contributed by atoms with van der Waals surface area (Å²) in [6, 6.07) is 11.6. The van der Waals surface area contributed by atoms with E-state index in [-0.39, 0.29) is 12.5 Å². The molecular formula is C16H16N2O2. The van der Waals surface area contributed by atoms with Crippen LogP contribution in [0.4, 0.5) is 0 Å². The lowest BCUT2D eigenvalue weighted by atomic mass is 9.99. The van der Waals surface area contributed by atoms with Gasteiger partial charge in [-0.1, -0.05) is 24.3 Å². The van der Waals surface area contributed by atoms with Crippen LogP contribution in [0.15, 0.2) is 42.6 Å². The second kappa shape index (κ2) is 5.43. The van der Waals surface area contributed by atoms with E-state index in [1.165, 1.54) is 11.1 Å². The number of nitrogens with zero attached hydrogens (tertiary/aromatic N) is 2. The maximum Gasteiger partial charge on any atom is 0.254 e. The quantitative estimate of drug-likeness (QED) is 0.903. The molecule has 0 atom stereocenters. The highest BCUT2D eigenvalue weighted by molar-refractivity contribution is 5.94. The summed E-state index contributed by atoms with van der Waals surface area (Å²) in [7, 11) is 0. The summed E-state index contributed by atoms with van der Waals surface area (Å²) in [5.41, 5.74) is 3.64. The fourth-order valence-electron chi connectivity index (χ4n) is 2.55. The highest BCUT2D eigenvalue weighted by Gasteiger charge is 2.21. The van der Waals surface area contributed by atoms with Gasteiger partial charge in [-0.05, 0) is 29.7 Å². The minimum absolute atomic E-state index is 0.00315. The Morgan fingerprint density at radius 3 is 2.85 bits per heavy atom. The monoisotopic (exact) mass is 268 g/mol. The fraction of sp³-hybridized carbons (Fsp3) is 0.250. The van der Waals surface area contributed by atoms with Gasteiger partial charge in [0.05, 0.1) is 12.3 Å². The topological polar surface area (TPSA) is 53.4 Å². The van der Waals surface area contributed by atoms with Gasteiger partial charge in [0.1, 0.15) is 0 Å². The summed E-state index contributed by atoms with van der Waals surface area (Å²) in [5.74, 6) is -0.00315. The molecule has 0 bridgehead atoms. The molecule has 0 saturated carbocycles. The predicted octanol–water partition coefficient (Wildman–Crippen LogP) is 1.77. The summed E-state index contributed by atoms with van der Waals surface area (Å²) >= 11 is 0. The molecule has 1 aromatic heterocycles. The number of hydrogen-bond acceptors (Lipinski definition) is 3. The number of amides is 1. The van der Waals surface area contributed by atoms with Crippen molar-refractivity contribution >= 4 is 5.91 Å². The van der Waals surface area contributed by atoms with Crippen LogP contribution in [0.5, 0.6) is 0 Å². The number of rotatable bonds is 2. The maximum absolute atomic E-state index is 12.5. The van der Waals surface area contributed by atoms with E-state index in [2.05, 4.69) is 17.1 Å². The van der Waals surface area contributed by atoms with Gasteiger partial charge in [-0.25, -0.2) is 0 Å². The van der Waals surface area contributed by atoms with E-state index < -0.39 is 0 Å². The van der Waals surface area contributed by atoms with Crippen molar-refractivity contribution in [2.45, 2.75) is 19.6 Å². The molecule has 20 heavy (non-hydrogen) atoms. The van der Waals surface area contributed by atoms with Crippen molar-refractivity contribution in [1.29, 1.82) is 0 Å². The Morgan fingerprint density at radius 2 is 2.05 bits per heavy atom. The van der Waals surface area contributed by atoms with E-state index >= 15 is 0 Å². The number of fused-ring (bicyclic) bond motifs is 1. The maximum atomic E-state index is 12.5. The second-order valence-electron chi connectivity index (χ2n) is 4.94. The number of aliphatic hydroxyl groups excluding tert-OH is 1. The van der Waals surface area contributed by atoms with Gasteiger partial charge in [0.25, 0.3) is 5.91 Å². The molecular weight excluding hydrogens is 252 g/mol. The first kappa shape index (κ1) is 12.8. The molecule has 3 rings (SSSR count). The molecule has 1 aliphatic heterocycles. The standard InChI is InChI=1S/C16H16N2O2/c19-11-15-9-13(5-7-17-15)16(20)18-8-6-12-3-1-2-4-14(12)10-18/h1-5,7,9,19H,6,8,10-11H2. The van der Waals surface area contributed by atoms with Crippen LogP contribution in [-0.2, 0) is 19.6 Å². The van der Waals surface area contributed by atoms with Crippen molar-refractivity contribution in [3.63, 3.8) is 0 Å². The van der Waals surface area contributed by atoms with Gasteiger partial charge in [-0.3, -0.25) is 9.78 Å². The minimum Gasteiger partial charge on any atom is -0.390 e. The summed E-state index contributed by atoms with van der Waals surface area (Å²) in [5, 5.41) is 9.10. The highest BCUT2D eigenvalue weighted by atomic mass is 16.3. The van der Waals surface area contributed by atoms with Crippen molar-refractivity contribution < 1.29 is 9.90 Å². The fourth-order valence-corrected chi connectivity index (χ4v) is 2.55. The Kier molecular flexibility index (Phi) is 3.48. The average molecular weight is 268 g/mol. The molecule has 4 heteroatoms. The van der Waals surface area contributed by atoms with E-state index in [0.717, 1.165) is 13.0 Å². The van der Waals surface area contributed by atoms with Crippen LogP contribution in [0.1, 0.15) is 27.2 Å². The number of carbonyl (C=O) groups excluding carboxylic acids is 1. The first-order valence-corrected chi connectivity index (χ1v) is 6.70. The van der Waals surface area contributed by atoms with E-state index in [1.807, 2.05) is 17.0 Å². The van der Waals surface area contributed by atoms with Gasteiger partial charge in [-0.15, -0.1) is 0 Å². The first-order chi connectivity index (χ1) is 9.78. The predicted molar refractivity (Wildman–Crippen MR) is 75.0 cm³/mol. The molecule has 0 unspecified atom stereocenters. The van der Waals surface area contributed by atoms with E-state index in [4.69, 9.17) is 5.11 Å². The number of benzene rings is 1. The Morgan fingerprint density at radius 1 is 1.25 bits per heavy atom. The molecule has 0 saturated heterocycles. The van der Waals surface area contributed by atoms with Crippen LogP contribution < -0.4 is 0 Å². The number of aromatic nitrogens is 1. The molecule has 2 aromatic rings. The molecule has 0 radical (unpaired) electrons. The molecule has 1 amide bonds. The molecule has 1 N–H and O–H groups in total. The van der Waals surface area contributed by atoms with Crippen molar-refractivity contribution in [2.75, 3.05) is 6.54 Å².